The van der Waals surface area contributed by atoms with Gasteiger partial charge < -0.3 is 0 Å². The lowest BCUT2D eigenvalue weighted by Crippen LogP contribution is -1.75. The van der Waals surface area contributed by atoms with Crippen LogP contribution in [0.2, 0.25) is 0 Å². The summed E-state index contributed by atoms with van der Waals surface area (Å²) in [6.45, 7) is 13.8. The molecule has 0 aliphatic carbocycles. The molecule has 0 atom stereocenters. The summed E-state index contributed by atoms with van der Waals surface area (Å²) in [5.74, 6) is 0. The van der Waals surface area contributed by atoms with Crippen LogP contribution in [0.3, 0.4) is 0 Å². The van der Waals surface area contributed by atoms with Gasteiger partial charge in [-0.25, -0.2) is 0 Å². The van der Waals surface area contributed by atoms with Crippen LogP contribution in [0.4, 0.5) is 0 Å². The first-order chi connectivity index (χ1) is 8.50. The number of hydrogen-bond donors (Lipinski definition) is 0. The SMILES string of the molecule is C=C(C)CCC(=C)C.Cc1csc2ccccc12. The van der Waals surface area contributed by atoms with E-state index >= 15 is 0 Å². The van der Waals surface area contributed by atoms with Crippen LogP contribution in [-0.2, 0) is 0 Å². The number of aryl methyl sites for hydroxylation is 1. The number of thiophene rings is 1. The predicted molar refractivity (Wildman–Crippen MR) is 85.4 cm³/mol. The zero-order valence-corrected chi connectivity index (χ0v) is 12.4. The van der Waals surface area contributed by atoms with Crippen LogP contribution in [-0.4, -0.2) is 0 Å². The molecule has 96 valence electrons. The van der Waals surface area contributed by atoms with E-state index in [1.807, 2.05) is 25.2 Å². The van der Waals surface area contributed by atoms with Gasteiger partial charge in [0.05, 0.1) is 0 Å². The van der Waals surface area contributed by atoms with Crippen LogP contribution < -0.4 is 0 Å². The van der Waals surface area contributed by atoms with Crippen LogP contribution in [0, 0.1) is 6.92 Å². The summed E-state index contributed by atoms with van der Waals surface area (Å²) in [6, 6.07) is 8.49. The zero-order valence-electron chi connectivity index (χ0n) is 11.6. The van der Waals surface area contributed by atoms with Crippen molar-refractivity contribution in [3.63, 3.8) is 0 Å². The second-order valence-electron chi connectivity index (χ2n) is 4.83. The second kappa shape index (κ2) is 7.17. The highest BCUT2D eigenvalue weighted by Crippen LogP contribution is 2.24. The van der Waals surface area contributed by atoms with E-state index in [0.717, 1.165) is 12.8 Å². The molecular weight excluding hydrogens is 236 g/mol. The molecule has 1 heteroatoms. The molecule has 0 aliphatic rings. The fourth-order valence-electron chi connectivity index (χ4n) is 1.54. The Balaban J connectivity index is 0.000000187. The van der Waals surface area contributed by atoms with Gasteiger partial charge in [0.25, 0.3) is 0 Å². The molecule has 0 bridgehead atoms. The highest BCUT2D eigenvalue weighted by Gasteiger charge is 1.95. The topological polar surface area (TPSA) is 0 Å². The van der Waals surface area contributed by atoms with Crippen molar-refractivity contribution in [1.29, 1.82) is 0 Å². The standard InChI is InChI=1S/C9H8S.C8H14/c1-7-6-10-9-5-3-2-4-8(7)9;1-7(2)5-6-8(3)4/h2-6H,1H3;1,3,5-6H2,2,4H3. The largest absolute Gasteiger partial charge is 0.144 e. The quantitative estimate of drug-likeness (QED) is 0.581. The third-order valence-electron chi connectivity index (χ3n) is 2.65. The van der Waals surface area contributed by atoms with Crippen molar-refractivity contribution in [3.8, 4) is 0 Å². The Morgan fingerprint density at radius 3 is 2.11 bits per heavy atom. The lowest BCUT2D eigenvalue weighted by Gasteiger charge is -1.95. The first kappa shape index (κ1) is 14.7. The monoisotopic (exact) mass is 258 g/mol. The molecule has 0 spiro atoms. The molecule has 0 N–H and O–H groups in total. The van der Waals surface area contributed by atoms with E-state index < -0.39 is 0 Å². The number of rotatable bonds is 3. The van der Waals surface area contributed by atoms with Gasteiger partial charge in [0.15, 0.2) is 0 Å². The third-order valence-corrected chi connectivity index (χ3v) is 3.73. The Hall–Kier alpha value is -1.34. The molecule has 18 heavy (non-hydrogen) atoms. The molecule has 1 aromatic heterocycles. The summed E-state index contributed by atoms with van der Waals surface area (Å²) in [5.41, 5.74) is 3.88. The summed E-state index contributed by atoms with van der Waals surface area (Å²) in [5, 5.41) is 3.59. The van der Waals surface area contributed by atoms with E-state index in [1.54, 1.807) is 0 Å². The molecule has 0 radical (unpaired) electrons. The van der Waals surface area contributed by atoms with E-state index in [-0.39, 0.29) is 0 Å². The van der Waals surface area contributed by atoms with Crippen LogP contribution in [0.5, 0.6) is 0 Å². The number of benzene rings is 1. The van der Waals surface area contributed by atoms with E-state index in [9.17, 15) is 0 Å². The average Bonchev–Trinajstić information content (AvgIpc) is 2.70. The molecule has 1 aromatic carbocycles. The molecule has 2 aromatic rings. The minimum Gasteiger partial charge on any atom is -0.144 e. The average molecular weight is 258 g/mol. The molecule has 1 heterocycles. The van der Waals surface area contributed by atoms with Crippen LogP contribution in [0.1, 0.15) is 32.3 Å². The van der Waals surface area contributed by atoms with Gasteiger partial charge in [0, 0.05) is 4.70 Å². The smallest absolute Gasteiger partial charge is 0.0345 e. The first-order valence-electron chi connectivity index (χ1n) is 6.22. The van der Waals surface area contributed by atoms with Gasteiger partial charge in [-0.05, 0) is 56.0 Å². The normalized spacial score (nSPS) is 9.72. The van der Waals surface area contributed by atoms with Gasteiger partial charge in [-0.15, -0.1) is 24.5 Å². The van der Waals surface area contributed by atoms with Crippen molar-refractivity contribution in [2.75, 3.05) is 0 Å². The maximum Gasteiger partial charge on any atom is 0.0345 e. The van der Waals surface area contributed by atoms with Gasteiger partial charge in [0.2, 0.25) is 0 Å². The Kier molecular flexibility index (Phi) is 5.87. The summed E-state index contributed by atoms with van der Waals surface area (Å²) < 4.78 is 1.39. The van der Waals surface area contributed by atoms with Crippen molar-refractivity contribution in [2.45, 2.75) is 33.6 Å². The molecule has 0 nitrogen and oxygen atoms in total. The minimum absolute atomic E-state index is 1.09. The maximum atomic E-state index is 3.79. The second-order valence-corrected chi connectivity index (χ2v) is 5.74. The summed E-state index contributed by atoms with van der Waals surface area (Å²) >= 11 is 1.81. The fourth-order valence-corrected chi connectivity index (χ4v) is 2.48. The zero-order chi connectivity index (χ0) is 13.5. The molecule has 2 rings (SSSR count). The Morgan fingerprint density at radius 1 is 1.06 bits per heavy atom. The van der Waals surface area contributed by atoms with E-state index in [4.69, 9.17) is 0 Å². The molecule has 0 saturated heterocycles. The highest BCUT2D eigenvalue weighted by molar-refractivity contribution is 7.17. The van der Waals surface area contributed by atoms with Crippen molar-refractivity contribution < 1.29 is 0 Å². The lowest BCUT2D eigenvalue weighted by atomic mass is 10.1. The molecule has 0 unspecified atom stereocenters. The van der Waals surface area contributed by atoms with Crippen molar-refractivity contribution in [1.82, 2.24) is 0 Å². The summed E-state index contributed by atoms with van der Waals surface area (Å²) in [4.78, 5) is 0. The van der Waals surface area contributed by atoms with E-state index in [2.05, 4.69) is 49.7 Å². The van der Waals surface area contributed by atoms with Crippen LogP contribution >= 0.6 is 11.3 Å². The van der Waals surface area contributed by atoms with Crippen molar-refractivity contribution in [2.24, 2.45) is 0 Å². The predicted octanol–water partition coefficient (Wildman–Crippen LogP) is 6.13. The van der Waals surface area contributed by atoms with E-state index in [0.29, 0.717) is 0 Å². The summed E-state index contributed by atoms with van der Waals surface area (Å²) in [6.07, 6.45) is 2.19. The Morgan fingerprint density at radius 2 is 1.61 bits per heavy atom. The molecular formula is C17H22S. The summed E-state index contributed by atoms with van der Waals surface area (Å²) in [7, 11) is 0. The van der Waals surface area contributed by atoms with Crippen molar-refractivity contribution >= 4 is 21.4 Å². The third kappa shape index (κ3) is 4.89. The Labute approximate surface area is 115 Å². The number of allylic oxidation sites excluding steroid dienone is 2. The van der Waals surface area contributed by atoms with Gasteiger partial charge in [-0.1, -0.05) is 29.3 Å². The Bertz CT molecular complexity index is 517. The van der Waals surface area contributed by atoms with Crippen molar-refractivity contribution in [3.05, 3.63) is 59.5 Å². The fraction of sp³-hybridized carbons (Fsp3) is 0.294. The van der Waals surface area contributed by atoms with Gasteiger partial charge in [-0.2, -0.15) is 0 Å². The molecule has 0 amide bonds. The van der Waals surface area contributed by atoms with E-state index in [1.165, 1.54) is 26.8 Å². The van der Waals surface area contributed by atoms with Gasteiger partial charge in [-0.3, -0.25) is 0 Å². The first-order valence-corrected chi connectivity index (χ1v) is 7.10. The maximum absolute atomic E-state index is 3.79. The minimum atomic E-state index is 1.09. The van der Waals surface area contributed by atoms with Crippen LogP contribution in [0.15, 0.2) is 53.9 Å². The van der Waals surface area contributed by atoms with Crippen LogP contribution in [0.25, 0.3) is 10.1 Å². The highest BCUT2D eigenvalue weighted by atomic mass is 32.1. The lowest BCUT2D eigenvalue weighted by molar-refractivity contribution is 0.933. The number of fused-ring (bicyclic) bond motifs is 1. The molecule has 0 saturated carbocycles. The molecule has 0 fully saturated rings. The van der Waals surface area contributed by atoms with Gasteiger partial charge >= 0.3 is 0 Å². The van der Waals surface area contributed by atoms with Gasteiger partial charge in [0.1, 0.15) is 0 Å². The molecule has 0 aliphatic heterocycles. The number of hydrogen-bond acceptors (Lipinski definition) is 1.